The fourth-order valence-corrected chi connectivity index (χ4v) is 3.57. The molecule has 1 aromatic carbocycles. The van der Waals surface area contributed by atoms with Gasteiger partial charge in [-0.15, -0.1) is 0 Å². The molecule has 1 aromatic heterocycles. The normalized spacial score (nSPS) is 16.0. The van der Waals surface area contributed by atoms with E-state index in [1.165, 1.54) is 0 Å². The minimum Gasteiger partial charge on any atom is -0.490 e. The molecule has 2 aliphatic heterocycles. The van der Waals surface area contributed by atoms with Gasteiger partial charge >= 0.3 is 0 Å². The first kappa shape index (κ1) is 20.0. The fourth-order valence-electron chi connectivity index (χ4n) is 3.57. The quantitative estimate of drug-likeness (QED) is 0.808. The van der Waals surface area contributed by atoms with Crippen LogP contribution in [0.1, 0.15) is 23.2 Å². The SMILES string of the molecule is O=C(NCCC(=O)N1CCN(c2ccccn2)CC1)c1ccc2c(c1)OCCCO2. The first-order valence-corrected chi connectivity index (χ1v) is 10.3. The number of amides is 2. The molecule has 3 heterocycles. The molecule has 158 valence electrons. The van der Waals surface area contributed by atoms with Gasteiger partial charge in [-0.25, -0.2) is 4.98 Å². The summed E-state index contributed by atoms with van der Waals surface area (Å²) in [4.78, 5) is 33.3. The van der Waals surface area contributed by atoms with Crippen molar-refractivity contribution in [2.45, 2.75) is 12.8 Å². The number of hydrogen-bond acceptors (Lipinski definition) is 6. The van der Waals surface area contributed by atoms with Crippen LogP contribution in [0.25, 0.3) is 0 Å². The lowest BCUT2D eigenvalue weighted by Gasteiger charge is -2.35. The van der Waals surface area contributed by atoms with Gasteiger partial charge in [0.15, 0.2) is 11.5 Å². The highest BCUT2D eigenvalue weighted by atomic mass is 16.5. The van der Waals surface area contributed by atoms with Gasteiger partial charge in [-0.1, -0.05) is 6.07 Å². The largest absolute Gasteiger partial charge is 0.490 e. The number of carbonyl (C=O) groups excluding carboxylic acids is 2. The highest BCUT2D eigenvalue weighted by Crippen LogP contribution is 2.30. The highest BCUT2D eigenvalue weighted by Gasteiger charge is 2.22. The van der Waals surface area contributed by atoms with Crippen molar-refractivity contribution in [1.82, 2.24) is 15.2 Å². The number of fused-ring (bicyclic) bond motifs is 1. The van der Waals surface area contributed by atoms with Gasteiger partial charge in [-0.3, -0.25) is 9.59 Å². The smallest absolute Gasteiger partial charge is 0.251 e. The zero-order chi connectivity index (χ0) is 20.8. The number of carbonyl (C=O) groups is 2. The lowest BCUT2D eigenvalue weighted by atomic mass is 10.2. The van der Waals surface area contributed by atoms with E-state index in [0.29, 0.717) is 49.9 Å². The number of aromatic nitrogens is 1. The van der Waals surface area contributed by atoms with Crippen molar-refractivity contribution < 1.29 is 19.1 Å². The third-order valence-corrected chi connectivity index (χ3v) is 5.24. The van der Waals surface area contributed by atoms with Crippen molar-refractivity contribution in [3.05, 3.63) is 48.2 Å². The number of piperazine rings is 1. The zero-order valence-electron chi connectivity index (χ0n) is 16.9. The summed E-state index contributed by atoms with van der Waals surface area (Å²) in [5.74, 6) is 2.01. The van der Waals surface area contributed by atoms with Crippen LogP contribution in [0.4, 0.5) is 5.82 Å². The lowest BCUT2D eigenvalue weighted by molar-refractivity contribution is -0.131. The Labute approximate surface area is 175 Å². The molecule has 1 N–H and O–H groups in total. The molecule has 2 aliphatic rings. The third kappa shape index (κ3) is 4.82. The van der Waals surface area contributed by atoms with Crippen molar-refractivity contribution in [2.75, 3.05) is 50.8 Å². The molecule has 0 spiro atoms. The van der Waals surface area contributed by atoms with Crippen molar-refractivity contribution in [2.24, 2.45) is 0 Å². The summed E-state index contributed by atoms with van der Waals surface area (Å²) >= 11 is 0. The molecule has 0 radical (unpaired) electrons. The Kier molecular flexibility index (Phi) is 6.32. The summed E-state index contributed by atoms with van der Waals surface area (Å²) in [6.07, 6.45) is 2.87. The Balaban J connectivity index is 1.22. The van der Waals surface area contributed by atoms with E-state index in [0.717, 1.165) is 25.3 Å². The average molecular weight is 410 g/mol. The number of nitrogens with one attached hydrogen (secondary N) is 1. The predicted molar refractivity (Wildman–Crippen MR) is 112 cm³/mol. The Morgan fingerprint density at radius 1 is 1.00 bits per heavy atom. The van der Waals surface area contributed by atoms with Crippen LogP contribution >= 0.6 is 0 Å². The summed E-state index contributed by atoms with van der Waals surface area (Å²) < 4.78 is 11.2. The molecular weight excluding hydrogens is 384 g/mol. The summed E-state index contributed by atoms with van der Waals surface area (Å²) in [5.41, 5.74) is 0.496. The Morgan fingerprint density at radius 3 is 2.57 bits per heavy atom. The van der Waals surface area contributed by atoms with Crippen LogP contribution in [-0.4, -0.2) is 67.6 Å². The van der Waals surface area contributed by atoms with E-state index < -0.39 is 0 Å². The summed E-state index contributed by atoms with van der Waals surface area (Å²) in [6.45, 7) is 4.30. The number of benzene rings is 1. The maximum atomic E-state index is 12.5. The van der Waals surface area contributed by atoms with E-state index in [4.69, 9.17) is 9.47 Å². The highest BCUT2D eigenvalue weighted by molar-refractivity contribution is 5.95. The van der Waals surface area contributed by atoms with E-state index >= 15 is 0 Å². The molecule has 1 fully saturated rings. The maximum Gasteiger partial charge on any atom is 0.251 e. The van der Waals surface area contributed by atoms with Crippen molar-refractivity contribution >= 4 is 17.6 Å². The molecule has 8 nitrogen and oxygen atoms in total. The molecule has 8 heteroatoms. The molecule has 2 aromatic rings. The van der Waals surface area contributed by atoms with Gasteiger partial charge in [0.1, 0.15) is 5.82 Å². The summed E-state index contributed by atoms with van der Waals surface area (Å²) in [7, 11) is 0. The summed E-state index contributed by atoms with van der Waals surface area (Å²) in [5, 5.41) is 2.82. The average Bonchev–Trinajstić information content (AvgIpc) is 3.04. The Morgan fingerprint density at radius 2 is 1.80 bits per heavy atom. The Hall–Kier alpha value is -3.29. The van der Waals surface area contributed by atoms with E-state index in [1.807, 2.05) is 23.1 Å². The van der Waals surface area contributed by atoms with Gasteiger partial charge in [0.25, 0.3) is 5.91 Å². The van der Waals surface area contributed by atoms with E-state index in [9.17, 15) is 9.59 Å². The maximum absolute atomic E-state index is 12.5. The predicted octanol–water partition coefficient (Wildman–Crippen LogP) is 1.71. The molecule has 0 unspecified atom stereocenters. The van der Waals surface area contributed by atoms with Crippen LogP contribution in [0.5, 0.6) is 11.5 Å². The molecule has 1 saturated heterocycles. The molecule has 0 saturated carbocycles. The number of rotatable bonds is 5. The minimum atomic E-state index is -0.224. The number of hydrogen-bond donors (Lipinski definition) is 1. The zero-order valence-corrected chi connectivity index (χ0v) is 16.9. The van der Waals surface area contributed by atoms with Crippen LogP contribution in [0.3, 0.4) is 0 Å². The molecule has 4 rings (SSSR count). The minimum absolute atomic E-state index is 0.0506. The monoisotopic (exact) mass is 410 g/mol. The number of anilines is 1. The first-order valence-electron chi connectivity index (χ1n) is 10.3. The fraction of sp³-hybridized carbons (Fsp3) is 0.409. The second kappa shape index (κ2) is 9.47. The lowest BCUT2D eigenvalue weighted by Crippen LogP contribution is -2.49. The topological polar surface area (TPSA) is 84.0 Å². The van der Waals surface area contributed by atoms with Crippen LogP contribution in [0.2, 0.25) is 0 Å². The van der Waals surface area contributed by atoms with Gasteiger partial charge in [-0.05, 0) is 30.3 Å². The van der Waals surface area contributed by atoms with E-state index in [1.54, 1.807) is 24.4 Å². The molecular formula is C22H26N4O4. The van der Waals surface area contributed by atoms with E-state index in [2.05, 4.69) is 15.2 Å². The number of ether oxygens (including phenoxy) is 2. The number of pyridine rings is 1. The van der Waals surface area contributed by atoms with Gasteiger partial charge < -0.3 is 24.6 Å². The van der Waals surface area contributed by atoms with Crippen LogP contribution in [0.15, 0.2) is 42.6 Å². The summed E-state index contributed by atoms with van der Waals surface area (Å²) in [6, 6.07) is 11.0. The van der Waals surface area contributed by atoms with Crippen LogP contribution in [-0.2, 0) is 4.79 Å². The second-order valence-corrected chi connectivity index (χ2v) is 7.27. The molecule has 0 aliphatic carbocycles. The van der Waals surface area contributed by atoms with Gasteiger partial charge in [0.05, 0.1) is 13.2 Å². The molecule has 0 bridgehead atoms. The van der Waals surface area contributed by atoms with E-state index in [-0.39, 0.29) is 18.2 Å². The van der Waals surface area contributed by atoms with Crippen molar-refractivity contribution in [3.63, 3.8) is 0 Å². The molecule has 30 heavy (non-hydrogen) atoms. The van der Waals surface area contributed by atoms with Gasteiger partial charge in [-0.2, -0.15) is 0 Å². The van der Waals surface area contributed by atoms with Gasteiger partial charge in [0, 0.05) is 57.3 Å². The standard InChI is InChI=1S/C22H26N4O4/c27-21(26-12-10-25(11-13-26)20-4-1-2-8-23-20)7-9-24-22(28)17-5-6-18-19(16-17)30-15-3-14-29-18/h1-2,4-6,8,16H,3,7,9-15H2,(H,24,28). The molecule has 0 atom stereocenters. The number of nitrogens with zero attached hydrogens (tertiary/aromatic N) is 3. The van der Waals surface area contributed by atoms with Crippen molar-refractivity contribution in [3.8, 4) is 11.5 Å². The second-order valence-electron chi connectivity index (χ2n) is 7.27. The Bertz CT molecular complexity index is 882. The first-order chi connectivity index (χ1) is 14.7. The third-order valence-electron chi connectivity index (χ3n) is 5.24. The van der Waals surface area contributed by atoms with Crippen LogP contribution < -0.4 is 19.7 Å². The van der Waals surface area contributed by atoms with Crippen molar-refractivity contribution in [1.29, 1.82) is 0 Å². The van der Waals surface area contributed by atoms with Gasteiger partial charge in [0.2, 0.25) is 5.91 Å². The van der Waals surface area contributed by atoms with Crippen LogP contribution in [0, 0.1) is 0 Å². The molecule has 2 amide bonds.